The van der Waals surface area contributed by atoms with Crippen LogP contribution in [-0.2, 0) is 6.18 Å². The summed E-state index contributed by atoms with van der Waals surface area (Å²) < 4.78 is 42.3. The Labute approximate surface area is 190 Å². The van der Waals surface area contributed by atoms with Crippen LogP contribution in [0.2, 0.25) is 5.02 Å². The molecule has 0 fully saturated rings. The number of aromatic carboxylic acids is 1. The van der Waals surface area contributed by atoms with Gasteiger partial charge in [-0.05, 0) is 61.5 Å². The topological polar surface area (TPSA) is 77.1 Å². The number of hydrogen-bond donors (Lipinski definition) is 1. The Kier molecular flexibility index (Phi) is 5.59. The predicted octanol–water partition coefficient (Wildman–Crippen LogP) is 5.37. The highest BCUT2D eigenvalue weighted by Gasteiger charge is 2.31. The molecule has 0 atom stereocenters. The Morgan fingerprint density at radius 3 is 2.36 bits per heavy atom. The van der Waals surface area contributed by atoms with Crippen LogP contribution in [0, 0.1) is 6.92 Å². The monoisotopic (exact) mass is 473 g/mol. The van der Waals surface area contributed by atoms with E-state index >= 15 is 0 Å². The van der Waals surface area contributed by atoms with Gasteiger partial charge >= 0.3 is 12.1 Å². The minimum absolute atomic E-state index is 0.103. The van der Waals surface area contributed by atoms with Crippen LogP contribution in [-0.4, -0.2) is 25.4 Å². The van der Waals surface area contributed by atoms with Gasteiger partial charge in [0.1, 0.15) is 5.56 Å². The van der Waals surface area contributed by atoms with E-state index in [4.69, 9.17) is 11.6 Å². The zero-order valence-corrected chi connectivity index (χ0v) is 17.7. The van der Waals surface area contributed by atoms with E-state index in [2.05, 4.69) is 5.10 Å². The van der Waals surface area contributed by atoms with E-state index in [1.165, 1.54) is 29.9 Å². The zero-order valence-electron chi connectivity index (χ0n) is 17.0. The quantitative estimate of drug-likeness (QED) is 0.432. The average molecular weight is 474 g/mol. The summed E-state index contributed by atoms with van der Waals surface area (Å²) in [6, 6.07) is 13.7. The maximum Gasteiger partial charge on any atom is 0.416 e. The number of rotatable bonds is 4. The first kappa shape index (κ1) is 22.3. The third-order valence-electron chi connectivity index (χ3n) is 5.10. The molecule has 2 aromatic heterocycles. The van der Waals surface area contributed by atoms with Gasteiger partial charge in [0.2, 0.25) is 0 Å². The molecule has 0 unspecified atom stereocenters. The highest BCUT2D eigenvalue weighted by Crippen LogP contribution is 2.32. The van der Waals surface area contributed by atoms with Crippen molar-refractivity contribution in [1.29, 1.82) is 0 Å². The molecule has 4 rings (SSSR count). The highest BCUT2D eigenvalue weighted by molar-refractivity contribution is 6.30. The SMILES string of the molecule is Cc1c(-c2ccnn2-c2ccc(Cl)cc2)cc(C(=O)O)c(=O)n1-c1cccc(C(F)(F)F)c1. The molecule has 10 heteroatoms. The predicted molar refractivity (Wildman–Crippen MR) is 116 cm³/mol. The first-order valence-electron chi connectivity index (χ1n) is 9.56. The molecule has 0 amide bonds. The van der Waals surface area contributed by atoms with Gasteiger partial charge in [-0.15, -0.1) is 0 Å². The van der Waals surface area contributed by atoms with E-state index in [-0.39, 0.29) is 11.4 Å². The van der Waals surface area contributed by atoms with Gasteiger partial charge < -0.3 is 5.11 Å². The molecule has 0 saturated heterocycles. The maximum atomic E-state index is 13.3. The summed E-state index contributed by atoms with van der Waals surface area (Å²) in [7, 11) is 0. The number of benzene rings is 2. The van der Waals surface area contributed by atoms with Gasteiger partial charge in [-0.25, -0.2) is 9.48 Å². The van der Waals surface area contributed by atoms with Crippen LogP contribution >= 0.6 is 11.6 Å². The van der Waals surface area contributed by atoms with Gasteiger partial charge in [0.05, 0.1) is 23.1 Å². The lowest BCUT2D eigenvalue weighted by Crippen LogP contribution is -2.28. The van der Waals surface area contributed by atoms with Crippen LogP contribution in [0.5, 0.6) is 0 Å². The largest absolute Gasteiger partial charge is 0.477 e. The van der Waals surface area contributed by atoms with E-state index in [1.54, 1.807) is 30.3 Å². The number of carboxylic acids is 1. The van der Waals surface area contributed by atoms with E-state index in [0.717, 1.165) is 22.8 Å². The maximum absolute atomic E-state index is 13.3. The molecule has 33 heavy (non-hydrogen) atoms. The van der Waals surface area contributed by atoms with Gasteiger partial charge in [0.25, 0.3) is 5.56 Å². The molecule has 2 aromatic carbocycles. The number of carbonyl (C=O) groups is 1. The lowest BCUT2D eigenvalue weighted by molar-refractivity contribution is -0.137. The summed E-state index contributed by atoms with van der Waals surface area (Å²) in [6.45, 7) is 1.53. The third-order valence-corrected chi connectivity index (χ3v) is 5.35. The van der Waals surface area contributed by atoms with Crippen LogP contribution in [0.15, 0.2) is 71.7 Å². The van der Waals surface area contributed by atoms with Crippen LogP contribution in [0.25, 0.3) is 22.6 Å². The second-order valence-corrected chi connectivity index (χ2v) is 7.59. The molecule has 0 aliphatic carbocycles. The van der Waals surface area contributed by atoms with Crippen molar-refractivity contribution < 1.29 is 23.1 Å². The number of hydrogen-bond acceptors (Lipinski definition) is 3. The normalized spacial score (nSPS) is 11.5. The summed E-state index contributed by atoms with van der Waals surface area (Å²) >= 11 is 5.95. The van der Waals surface area contributed by atoms with Crippen LogP contribution in [0.4, 0.5) is 13.2 Å². The molecule has 0 aliphatic heterocycles. The van der Waals surface area contributed by atoms with E-state index in [1.807, 2.05) is 0 Å². The molecular weight excluding hydrogens is 459 g/mol. The van der Waals surface area contributed by atoms with Crippen LogP contribution < -0.4 is 5.56 Å². The van der Waals surface area contributed by atoms with Gasteiger partial charge in [0.15, 0.2) is 0 Å². The molecule has 0 radical (unpaired) electrons. The van der Waals surface area contributed by atoms with Gasteiger partial charge in [-0.3, -0.25) is 9.36 Å². The fourth-order valence-corrected chi connectivity index (χ4v) is 3.67. The van der Waals surface area contributed by atoms with Crippen molar-refractivity contribution in [3.63, 3.8) is 0 Å². The molecular formula is C23H15ClF3N3O3. The zero-order chi connectivity index (χ0) is 23.9. The Morgan fingerprint density at radius 2 is 1.73 bits per heavy atom. The second-order valence-electron chi connectivity index (χ2n) is 7.16. The molecule has 4 aromatic rings. The molecule has 2 heterocycles. The smallest absolute Gasteiger partial charge is 0.416 e. The third kappa shape index (κ3) is 4.14. The van der Waals surface area contributed by atoms with Crippen LogP contribution in [0.1, 0.15) is 21.6 Å². The van der Waals surface area contributed by atoms with Crippen molar-refractivity contribution in [2.75, 3.05) is 0 Å². The van der Waals surface area contributed by atoms with E-state index in [9.17, 15) is 27.9 Å². The number of nitrogens with zero attached hydrogens (tertiary/aromatic N) is 3. The summed E-state index contributed by atoms with van der Waals surface area (Å²) in [5.41, 5.74) is -0.964. The molecule has 0 saturated carbocycles. The van der Waals surface area contributed by atoms with E-state index < -0.39 is 28.8 Å². The fraction of sp³-hybridized carbons (Fsp3) is 0.0870. The number of pyridine rings is 1. The van der Waals surface area contributed by atoms with Crippen LogP contribution in [0.3, 0.4) is 0 Å². The Hall–Kier alpha value is -3.85. The summed E-state index contributed by atoms with van der Waals surface area (Å²) in [6.07, 6.45) is -3.14. The first-order valence-corrected chi connectivity index (χ1v) is 9.93. The lowest BCUT2D eigenvalue weighted by atomic mass is 10.1. The Bertz CT molecular complexity index is 1420. The van der Waals surface area contributed by atoms with Crippen molar-refractivity contribution in [1.82, 2.24) is 14.3 Å². The van der Waals surface area contributed by atoms with Gasteiger partial charge in [-0.2, -0.15) is 18.3 Å². The minimum atomic E-state index is -4.63. The fourth-order valence-electron chi connectivity index (χ4n) is 3.54. The molecule has 0 spiro atoms. The van der Waals surface area contributed by atoms with Crippen molar-refractivity contribution in [2.24, 2.45) is 0 Å². The molecule has 0 aliphatic rings. The van der Waals surface area contributed by atoms with Crippen molar-refractivity contribution in [3.05, 3.63) is 99.1 Å². The standard InChI is InChI=1S/C23H15ClF3N3O3/c1-13-18(20-9-10-28-30(20)16-7-5-15(24)6-8-16)12-19(22(32)33)21(31)29(13)17-4-2-3-14(11-17)23(25,26)27/h2-12H,1H3,(H,32,33). The average Bonchev–Trinajstić information content (AvgIpc) is 3.23. The molecule has 6 nitrogen and oxygen atoms in total. The molecule has 0 bridgehead atoms. The number of carboxylic acid groups (broad SMARTS) is 1. The summed E-state index contributed by atoms with van der Waals surface area (Å²) in [5.74, 6) is -1.50. The van der Waals surface area contributed by atoms with Crippen molar-refractivity contribution in [2.45, 2.75) is 13.1 Å². The van der Waals surface area contributed by atoms with Gasteiger partial charge in [-0.1, -0.05) is 17.7 Å². The van der Waals surface area contributed by atoms with Crippen molar-refractivity contribution in [3.8, 4) is 22.6 Å². The highest BCUT2D eigenvalue weighted by atomic mass is 35.5. The molecule has 168 valence electrons. The number of alkyl halides is 3. The number of halogens is 4. The Morgan fingerprint density at radius 1 is 1.03 bits per heavy atom. The molecule has 1 N–H and O–H groups in total. The minimum Gasteiger partial charge on any atom is -0.477 e. The van der Waals surface area contributed by atoms with E-state index in [0.29, 0.717) is 22.0 Å². The Balaban J connectivity index is 2.00. The number of aromatic nitrogens is 3. The summed E-state index contributed by atoms with van der Waals surface area (Å²) in [4.78, 5) is 24.8. The van der Waals surface area contributed by atoms with Gasteiger partial charge in [0, 0.05) is 22.0 Å². The second kappa shape index (κ2) is 8.25. The summed E-state index contributed by atoms with van der Waals surface area (Å²) in [5, 5.41) is 14.4. The first-order chi connectivity index (χ1) is 15.6. The lowest BCUT2D eigenvalue weighted by Gasteiger charge is -2.18. The van der Waals surface area contributed by atoms with Crippen molar-refractivity contribution >= 4 is 17.6 Å².